The van der Waals surface area contributed by atoms with Crippen molar-refractivity contribution in [1.82, 2.24) is 24.6 Å². The van der Waals surface area contributed by atoms with E-state index < -0.39 is 0 Å². The number of nitrogens with zero attached hydrogens (tertiary/aromatic N) is 4. The molecule has 20 heavy (non-hydrogen) atoms. The molecule has 3 heterocycles. The van der Waals surface area contributed by atoms with Crippen LogP contribution in [0.1, 0.15) is 37.9 Å². The van der Waals surface area contributed by atoms with Crippen LogP contribution in [0, 0.1) is 5.92 Å². The molecule has 0 amide bonds. The van der Waals surface area contributed by atoms with Crippen molar-refractivity contribution >= 4 is 16.8 Å². The maximum absolute atomic E-state index is 6.16. The first-order valence-corrected chi connectivity index (χ1v) is 7.20. The van der Waals surface area contributed by atoms with Gasteiger partial charge in [-0.3, -0.25) is 4.40 Å². The Morgan fingerprint density at radius 3 is 3.15 bits per heavy atom. The Kier molecular flexibility index (Phi) is 2.53. The number of aromatic amines is 1. The monoisotopic (exact) mass is 270 g/mol. The van der Waals surface area contributed by atoms with Crippen LogP contribution in [-0.4, -0.2) is 30.6 Å². The zero-order chi connectivity index (χ0) is 13.7. The summed E-state index contributed by atoms with van der Waals surface area (Å²) in [6.07, 6.45) is 6.88. The number of H-pyrrole nitrogens is 1. The van der Waals surface area contributed by atoms with E-state index in [4.69, 9.17) is 5.73 Å². The van der Waals surface area contributed by atoms with Gasteiger partial charge in [-0.25, -0.2) is 4.98 Å². The molecule has 0 aromatic carbocycles. The van der Waals surface area contributed by atoms with Gasteiger partial charge in [0.15, 0.2) is 11.3 Å². The molecule has 1 aliphatic carbocycles. The third-order valence-electron chi connectivity index (χ3n) is 4.55. The second-order valence-electron chi connectivity index (χ2n) is 5.73. The molecule has 0 radical (unpaired) electrons. The summed E-state index contributed by atoms with van der Waals surface area (Å²) in [5, 5.41) is 8.73. The smallest absolute Gasteiger partial charge is 0.179 e. The van der Waals surface area contributed by atoms with Crippen LogP contribution >= 0.6 is 0 Å². The molecule has 1 fully saturated rings. The quantitative estimate of drug-likeness (QED) is 0.744. The van der Waals surface area contributed by atoms with Gasteiger partial charge in [-0.05, 0) is 24.8 Å². The van der Waals surface area contributed by atoms with Crippen molar-refractivity contribution < 1.29 is 0 Å². The lowest BCUT2D eigenvalue weighted by atomic mass is 9.93. The molecule has 6 heteroatoms. The fourth-order valence-electron chi connectivity index (χ4n) is 3.57. The van der Waals surface area contributed by atoms with Gasteiger partial charge in [-0.1, -0.05) is 13.3 Å². The maximum Gasteiger partial charge on any atom is 0.179 e. The Hall–Kier alpha value is -1.95. The van der Waals surface area contributed by atoms with Gasteiger partial charge in [0.25, 0.3) is 0 Å². The van der Waals surface area contributed by atoms with E-state index in [0.29, 0.717) is 11.8 Å². The number of aromatic nitrogens is 5. The van der Waals surface area contributed by atoms with Crippen LogP contribution in [0.3, 0.4) is 0 Å². The largest absolute Gasteiger partial charge is 0.345 e. The van der Waals surface area contributed by atoms with Crippen LogP contribution in [0.15, 0.2) is 18.5 Å². The number of nitrogens with two attached hydrogens (primary N) is 1. The lowest BCUT2D eigenvalue weighted by Crippen LogP contribution is -2.15. The Bertz CT molecular complexity index is 757. The van der Waals surface area contributed by atoms with Crippen molar-refractivity contribution in [1.29, 1.82) is 0 Å². The molecule has 3 N–H and O–H groups in total. The van der Waals surface area contributed by atoms with E-state index in [9.17, 15) is 0 Å². The van der Waals surface area contributed by atoms with Crippen molar-refractivity contribution in [3.8, 4) is 0 Å². The Morgan fingerprint density at radius 1 is 1.40 bits per heavy atom. The number of nitrogens with one attached hydrogen (secondary N) is 1. The first-order valence-electron chi connectivity index (χ1n) is 7.20. The highest BCUT2D eigenvalue weighted by Crippen LogP contribution is 2.40. The topological polar surface area (TPSA) is 84.9 Å². The summed E-state index contributed by atoms with van der Waals surface area (Å²) in [7, 11) is 0. The van der Waals surface area contributed by atoms with Gasteiger partial charge < -0.3 is 10.7 Å². The van der Waals surface area contributed by atoms with E-state index in [-0.39, 0.29) is 6.04 Å². The minimum atomic E-state index is 0.279. The molecule has 0 bridgehead atoms. The van der Waals surface area contributed by atoms with E-state index in [0.717, 1.165) is 41.9 Å². The molecular weight excluding hydrogens is 252 g/mol. The number of fused-ring (bicyclic) bond motifs is 3. The summed E-state index contributed by atoms with van der Waals surface area (Å²) in [6.45, 7) is 2.23. The van der Waals surface area contributed by atoms with Crippen LogP contribution < -0.4 is 5.73 Å². The van der Waals surface area contributed by atoms with Crippen molar-refractivity contribution in [2.24, 2.45) is 11.7 Å². The van der Waals surface area contributed by atoms with Crippen LogP contribution in [0.25, 0.3) is 16.8 Å². The maximum atomic E-state index is 6.16. The molecule has 0 spiro atoms. The highest BCUT2D eigenvalue weighted by atomic mass is 15.3. The summed E-state index contributed by atoms with van der Waals surface area (Å²) in [6, 6.07) is 2.30. The molecule has 1 unspecified atom stereocenters. The lowest BCUT2D eigenvalue weighted by Gasteiger charge is -2.16. The first kappa shape index (κ1) is 11.8. The predicted octanol–water partition coefficient (Wildman–Crippen LogP) is 1.84. The minimum Gasteiger partial charge on any atom is -0.345 e. The second kappa shape index (κ2) is 4.28. The van der Waals surface area contributed by atoms with Gasteiger partial charge in [-0.15, -0.1) is 10.2 Å². The van der Waals surface area contributed by atoms with Crippen LogP contribution in [0.4, 0.5) is 0 Å². The average molecular weight is 270 g/mol. The van der Waals surface area contributed by atoms with Gasteiger partial charge in [0.2, 0.25) is 0 Å². The van der Waals surface area contributed by atoms with Crippen molar-refractivity contribution in [3.05, 3.63) is 24.3 Å². The first-order chi connectivity index (χ1) is 9.78. The molecule has 3 aromatic rings. The zero-order valence-corrected chi connectivity index (χ0v) is 11.5. The molecule has 4 rings (SSSR count). The third-order valence-corrected chi connectivity index (χ3v) is 4.55. The normalized spacial score (nSPS) is 26.8. The third kappa shape index (κ3) is 1.57. The zero-order valence-electron chi connectivity index (χ0n) is 11.5. The predicted molar refractivity (Wildman–Crippen MR) is 76.4 cm³/mol. The molecule has 0 aliphatic heterocycles. The summed E-state index contributed by atoms with van der Waals surface area (Å²) < 4.78 is 2.13. The van der Waals surface area contributed by atoms with Gasteiger partial charge in [-0.2, -0.15) is 0 Å². The molecule has 0 saturated heterocycles. The van der Waals surface area contributed by atoms with Gasteiger partial charge in [0.05, 0.1) is 11.7 Å². The van der Waals surface area contributed by atoms with Crippen molar-refractivity contribution in [3.63, 3.8) is 0 Å². The number of rotatable bonds is 2. The Labute approximate surface area is 116 Å². The fourth-order valence-corrected chi connectivity index (χ4v) is 3.57. The lowest BCUT2D eigenvalue weighted by molar-refractivity contribution is 0.450. The van der Waals surface area contributed by atoms with E-state index in [1.165, 1.54) is 0 Å². The average Bonchev–Trinajstić information content (AvgIpc) is 3.13. The SMILES string of the molecule is CC[C@@H]1CC(N)C[C@@H]1c1nnc2cnc3[nH]ccc3n12. The summed E-state index contributed by atoms with van der Waals surface area (Å²) in [5.41, 5.74) is 8.87. The standard InChI is InChI=1S/C14H18N6/c1-2-8-5-9(15)6-10(8)14-19-18-12-7-17-13-11(20(12)14)3-4-16-13/h3-4,7-10,16H,2,5-6,15H2,1H3/t8-,9?,10+/m1/s1. The van der Waals surface area contributed by atoms with Crippen molar-refractivity contribution in [2.75, 3.05) is 0 Å². The second-order valence-corrected chi connectivity index (χ2v) is 5.73. The molecule has 1 saturated carbocycles. The van der Waals surface area contributed by atoms with E-state index >= 15 is 0 Å². The molecular formula is C14H18N6. The van der Waals surface area contributed by atoms with Gasteiger partial charge >= 0.3 is 0 Å². The summed E-state index contributed by atoms with van der Waals surface area (Å²) in [5.74, 6) is 2.02. The molecule has 3 aromatic heterocycles. The highest BCUT2D eigenvalue weighted by Gasteiger charge is 2.35. The molecule has 3 atom stereocenters. The summed E-state index contributed by atoms with van der Waals surface area (Å²) in [4.78, 5) is 7.50. The Balaban J connectivity index is 1.93. The molecule has 6 nitrogen and oxygen atoms in total. The van der Waals surface area contributed by atoms with Gasteiger partial charge in [0, 0.05) is 18.2 Å². The molecule has 1 aliphatic rings. The van der Waals surface area contributed by atoms with Crippen LogP contribution in [0.5, 0.6) is 0 Å². The highest BCUT2D eigenvalue weighted by molar-refractivity contribution is 5.74. The molecule has 104 valence electrons. The van der Waals surface area contributed by atoms with E-state index in [2.05, 4.69) is 31.5 Å². The van der Waals surface area contributed by atoms with Crippen molar-refractivity contribution in [2.45, 2.75) is 38.1 Å². The van der Waals surface area contributed by atoms with Crippen LogP contribution in [-0.2, 0) is 0 Å². The fraction of sp³-hybridized carbons (Fsp3) is 0.500. The van der Waals surface area contributed by atoms with E-state index in [1.54, 1.807) is 6.20 Å². The van der Waals surface area contributed by atoms with Gasteiger partial charge in [0.1, 0.15) is 5.82 Å². The Morgan fingerprint density at radius 2 is 2.30 bits per heavy atom. The number of hydrogen-bond acceptors (Lipinski definition) is 4. The number of hydrogen-bond donors (Lipinski definition) is 2. The summed E-state index contributed by atoms with van der Waals surface area (Å²) >= 11 is 0. The van der Waals surface area contributed by atoms with E-state index in [1.807, 2.05) is 12.3 Å². The minimum absolute atomic E-state index is 0.279. The van der Waals surface area contributed by atoms with Crippen LogP contribution in [0.2, 0.25) is 0 Å².